The summed E-state index contributed by atoms with van der Waals surface area (Å²) in [4.78, 5) is 24.4. The number of ether oxygens (including phenoxy) is 2. The van der Waals surface area contributed by atoms with Gasteiger partial charge in [-0.3, -0.25) is 9.59 Å². The van der Waals surface area contributed by atoms with E-state index in [0.717, 1.165) is 0 Å². The van der Waals surface area contributed by atoms with Crippen molar-refractivity contribution < 1.29 is 28.9 Å². The van der Waals surface area contributed by atoms with Crippen LogP contribution in [-0.4, -0.2) is 30.4 Å². The Labute approximate surface area is 154 Å². The van der Waals surface area contributed by atoms with E-state index in [1.54, 1.807) is 30.3 Å². The number of methoxy groups -OCH3 is 2. The molecular formula is C20H18O7. The second-order valence-electron chi connectivity index (χ2n) is 5.90. The zero-order valence-corrected chi connectivity index (χ0v) is 14.8. The fourth-order valence-electron chi connectivity index (χ4n) is 2.92. The maximum atomic E-state index is 12.5. The molecule has 0 fully saturated rings. The Morgan fingerprint density at radius 3 is 2.56 bits per heavy atom. The molecule has 0 radical (unpaired) electrons. The third-order valence-electron chi connectivity index (χ3n) is 4.32. The first-order valence-corrected chi connectivity index (χ1v) is 8.14. The van der Waals surface area contributed by atoms with Crippen molar-refractivity contribution in [1.29, 1.82) is 0 Å². The number of carbonyl (C=O) groups excluding carboxylic acids is 1. The Bertz CT molecular complexity index is 1050. The minimum atomic E-state index is -0.841. The number of benzene rings is 2. The topological polar surface area (TPSA) is 106 Å². The highest BCUT2D eigenvalue weighted by atomic mass is 16.5. The van der Waals surface area contributed by atoms with Gasteiger partial charge >= 0.3 is 5.97 Å². The second-order valence-corrected chi connectivity index (χ2v) is 5.90. The van der Waals surface area contributed by atoms with Crippen molar-refractivity contribution >= 4 is 16.9 Å². The van der Waals surface area contributed by atoms with Crippen LogP contribution in [-0.2, 0) is 9.53 Å². The number of para-hydroxylation sites is 1. The van der Waals surface area contributed by atoms with Crippen molar-refractivity contribution in [3.05, 3.63) is 64.0 Å². The van der Waals surface area contributed by atoms with Crippen molar-refractivity contribution in [3.8, 4) is 17.2 Å². The van der Waals surface area contributed by atoms with E-state index in [1.807, 2.05) is 0 Å². The Hall–Kier alpha value is -3.48. The molecule has 2 N–H and O–H groups in total. The van der Waals surface area contributed by atoms with E-state index in [0.29, 0.717) is 5.56 Å². The molecule has 27 heavy (non-hydrogen) atoms. The molecule has 1 atom stereocenters. The van der Waals surface area contributed by atoms with E-state index in [9.17, 15) is 19.8 Å². The fraction of sp³-hybridized carbons (Fsp3) is 0.200. The molecule has 0 aliphatic rings. The molecular weight excluding hydrogens is 352 g/mol. The summed E-state index contributed by atoms with van der Waals surface area (Å²) in [6, 6.07) is 11.0. The minimum absolute atomic E-state index is 0.0753. The van der Waals surface area contributed by atoms with Gasteiger partial charge in [0, 0.05) is 0 Å². The van der Waals surface area contributed by atoms with Crippen LogP contribution in [0.4, 0.5) is 0 Å². The molecule has 7 heteroatoms. The number of aromatic hydroxyl groups is 2. The number of rotatable bonds is 5. The van der Waals surface area contributed by atoms with Gasteiger partial charge in [0.1, 0.15) is 5.58 Å². The zero-order valence-electron chi connectivity index (χ0n) is 14.8. The molecule has 0 unspecified atom stereocenters. The number of phenolic OH excluding ortho intramolecular Hbond substituents is 1. The van der Waals surface area contributed by atoms with E-state index in [4.69, 9.17) is 13.9 Å². The van der Waals surface area contributed by atoms with Gasteiger partial charge in [-0.2, -0.15) is 0 Å². The first-order chi connectivity index (χ1) is 13.0. The maximum absolute atomic E-state index is 12.5. The third kappa shape index (κ3) is 3.44. The Morgan fingerprint density at radius 2 is 1.89 bits per heavy atom. The van der Waals surface area contributed by atoms with Crippen LogP contribution >= 0.6 is 0 Å². The van der Waals surface area contributed by atoms with Crippen LogP contribution in [0.25, 0.3) is 11.0 Å². The predicted molar refractivity (Wildman–Crippen MR) is 97.3 cm³/mol. The molecule has 3 rings (SSSR count). The van der Waals surface area contributed by atoms with Crippen molar-refractivity contribution in [2.75, 3.05) is 14.2 Å². The molecule has 0 aliphatic carbocycles. The molecule has 0 amide bonds. The largest absolute Gasteiger partial charge is 0.504 e. The van der Waals surface area contributed by atoms with Gasteiger partial charge in [-0.05, 0) is 29.8 Å². The fourth-order valence-corrected chi connectivity index (χ4v) is 2.92. The molecule has 0 saturated carbocycles. The monoisotopic (exact) mass is 370 g/mol. The third-order valence-corrected chi connectivity index (χ3v) is 4.32. The average molecular weight is 370 g/mol. The van der Waals surface area contributed by atoms with Gasteiger partial charge in [-0.25, -0.2) is 0 Å². The number of esters is 1. The van der Waals surface area contributed by atoms with E-state index >= 15 is 0 Å². The Balaban J connectivity index is 2.21. The summed E-state index contributed by atoms with van der Waals surface area (Å²) in [6.07, 6.45) is -0.197. The van der Waals surface area contributed by atoms with Gasteiger partial charge in [0.05, 0.1) is 31.9 Å². The molecule has 1 aromatic heterocycles. The lowest BCUT2D eigenvalue weighted by molar-refractivity contribution is -0.140. The number of phenols is 1. The van der Waals surface area contributed by atoms with Gasteiger partial charge in [0.25, 0.3) is 0 Å². The van der Waals surface area contributed by atoms with Crippen LogP contribution in [0.5, 0.6) is 17.2 Å². The average Bonchev–Trinajstić information content (AvgIpc) is 2.68. The van der Waals surface area contributed by atoms with Crippen molar-refractivity contribution in [3.63, 3.8) is 0 Å². The SMILES string of the molecule is COC(=O)C[C@H](c1ccc(OC)c(O)c1)c1oc2ccccc2c(=O)c1O. The first kappa shape index (κ1) is 18.3. The summed E-state index contributed by atoms with van der Waals surface area (Å²) in [5.74, 6) is -1.96. The smallest absolute Gasteiger partial charge is 0.306 e. The zero-order chi connectivity index (χ0) is 19.6. The first-order valence-electron chi connectivity index (χ1n) is 8.14. The van der Waals surface area contributed by atoms with Crippen LogP contribution in [0.2, 0.25) is 0 Å². The molecule has 7 nitrogen and oxygen atoms in total. The molecule has 3 aromatic rings. The highest BCUT2D eigenvalue weighted by Gasteiger charge is 2.27. The lowest BCUT2D eigenvalue weighted by atomic mass is 9.91. The normalized spacial score (nSPS) is 11.9. The predicted octanol–water partition coefficient (Wildman–Crippen LogP) is 2.91. The molecule has 0 spiro atoms. The van der Waals surface area contributed by atoms with Gasteiger partial charge in [0.2, 0.25) is 11.2 Å². The summed E-state index contributed by atoms with van der Waals surface area (Å²) >= 11 is 0. The summed E-state index contributed by atoms with van der Waals surface area (Å²) in [5.41, 5.74) is 0.134. The minimum Gasteiger partial charge on any atom is -0.504 e. The summed E-state index contributed by atoms with van der Waals surface area (Å²) in [7, 11) is 2.65. The summed E-state index contributed by atoms with van der Waals surface area (Å²) in [5, 5.41) is 20.7. The van der Waals surface area contributed by atoms with Crippen LogP contribution in [0, 0.1) is 0 Å². The maximum Gasteiger partial charge on any atom is 0.306 e. The van der Waals surface area contributed by atoms with Crippen LogP contribution in [0.3, 0.4) is 0 Å². The molecule has 0 saturated heterocycles. The number of fused-ring (bicyclic) bond motifs is 1. The van der Waals surface area contributed by atoms with Gasteiger partial charge in [0.15, 0.2) is 17.3 Å². The van der Waals surface area contributed by atoms with E-state index < -0.39 is 23.1 Å². The lowest BCUT2D eigenvalue weighted by Crippen LogP contribution is -2.13. The van der Waals surface area contributed by atoms with Crippen LogP contribution in [0.15, 0.2) is 51.7 Å². The molecule has 0 bridgehead atoms. The Morgan fingerprint density at radius 1 is 1.15 bits per heavy atom. The molecule has 1 heterocycles. The van der Waals surface area contributed by atoms with E-state index in [-0.39, 0.29) is 34.6 Å². The van der Waals surface area contributed by atoms with E-state index in [1.165, 1.54) is 26.4 Å². The standard InChI is InChI=1S/C20H18O7/c1-25-16-8-7-11(9-14(16)21)13(10-17(22)26-2)20-19(24)18(23)12-5-3-4-6-15(12)27-20/h3-9,13,21,24H,10H2,1-2H3/t13-/m1/s1. The number of carbonyl (C=O) groups is 1. The number of hydrogen-bond donors (Lipinski definition) is 2. The highest BCUT2D eigenvalue weighted by Crippen LogP contribution is 2.38. The second kappa shape index (κ2) is 7.41. The highest BCUT2D eigenvalue weighted by molar-refractivity contribution is 5.78. The van der Waals surface area contributed by atoms with Gasteiger partial charge in [-0.1, -0.05) is 18.2 Å². The summed E-state index contributed by atoms with van der Waals surface area (Å²) < 4.78 is 15.5. The van der Waals surface area contributed by atoms with Crippen molar-refractivity contribution in [2.24, 2.45) is 0 Å². The van der Waals surface area contributed by atoms with E-state index in [2.05, 4.69) is 0 Å². The van der Waals surface area contributed by atoms with Gasteiger partial charge in [-0.15, -0.1) is 0 Å². The van der Waals surface area contributed by atoms with Crippen LogP contribution in [0.1, 0.15) is 23.7 Å². The van der Waals surface area contributed by atoms with Gasteiger partial charge < -0.3 is 24.1 Å². The number of hydrogen-bond acceptors (Lipinski definition) is 7. The quantitative estimate of drug-likeness (QED) is 0.665. The molecule has 140 valence electrons. The van der Waals surface area contributed by atoms with Crippen molar-refractivity contribution in [2.45, 2.75) is 12.3 Å². The molecule has 2 aromatic carbocycles. The molecule has 0 aliphatic heterocycles. The van der Waals surface area contributed by atoms with Crippen LogP contribution < -0.4 is 10.2 Å². The lowest BCUT2D eigenvalue weighted by Gasteiger charge is -2.18. The van der Waals surface area contributed by atoms with Crippen molar-refractivity contribution in [1.82, 2.24) is 0 Å². The summed E-state index contributed by atoms with van der Waals surface area (Å²) in [6.45, 7) is 0. The Kier molecular flexibility index (Phi) is 5.03.